The molecule has 0 saturated heterocycles. The number of aromatic nitrogens is 3. The van der Waals surface area contributed by atoms with Gasteiger partial charge in [-0.15, -0.1) is 0 Å². The Morgan fingerprint density at radius 1 is 1.56 bits per heavy atom. The summed E-state index contributed by atoms with van der Waals surface area (Å²) >= 11 is 0. The number of hydrogen-bond acceptors (Lipinski definition) is 5. The zero-order valence-corrected chi connectivity index (χ0v) is 9.52. The molecule has 2 aromatic rings. The molecular weight excluding hydrogens is 208 g/mol. The van der Waals surface area contributed by atoms with Crippen LogP contribution in [-0.2, 0) is 13.6 Å². The smallest absolute Gasteiger partial charge is 0.261 e. The molecule has 0 saturated carbocycles. The fourth-order valence-corrected chi connectivity index (χ4v) is 1.47. The fraction of sp³-hybridized carbons (Fsp3) is 0.400. The molecule has 0 spiro atoms. The lowest BCUT2D eigenvalue weighted by Gasteiger charge is -1.98. The van der Waals surface area contributed by atoms with Gasteiger partial charge in [-0.25, -0.2) is 0 Å². The van der Waals surface area contributed by atoms with Crippen molar-refractivity contribution in [3.05, 3.63) is 17.8 Å². The van der Waals surface area contributed by atoms with E-state index in [1.165, 1.54) is 0 Å². The summed E-state index contributed by atoms with van der Waals surface area (Å²) in [6.45, 7) is 2.20. The number of nitrogens with two attached hydrogens (primary N) is 1. The molecule has 16 heavy (non-hydrogen) atoms. The summed E-state index contributed by atoms with van der Waals surface area (Å²) in [6.07, 6.45) is 1.72. The van der Waals surface area contributed by atoms with Gasteiger partial charge in [0.2, 0.25) is 11.7 Å². The molecule has 0 aliphatic heterocycles. The maximum Gasteiger partial charge on any atom is 0.261 e. The molecule has 2 N–H and O–H groups in total. The van der Waals surface area contributed by atoms with Gasteiger partial charge >= 0.3 is 0 Å². The number of ether oxygens (including phenoxy) is 1. The van der Waals surface area contributed by atoms with Gasteiger partial charge in [0.15, 0.2) is 0 Å². The topological polar surface area (TPSA) is 79.1 Å². The molecule has 0 radical (unpaired) electrons. The molecule has 6 nitrogen and oxygen atoms in total. The van der Waals surface area contributed by atoms with Crippen molar-refractivity contribution >= 4 is 0 Å². The standard InChI is InChI=1S/C10H14N4O2/c1-6-7(5-12-14(6)2)9-10(15-3)13-8(4-11)16-9/h5H,4,11H2,1-3H3. The lowest BCUT2D eigenvalue weighted by molar-refractivity contribution is 0.398. The second kappa shape index (κ2) is 3.97. The van der Waals surface area contributed by atoms with E-state index in [-0.39, 0.29) is 6.54 Å². The molecule has 0 aliphatic rings. The molecule has 0 fully saturated rings. The van der Waals surface area contributed by atoms with E-state index >= 15 is 0 Å². The zero-order valence-electron chi connectivity index (χ0n) is 9.52. The molecular formula is C10H14N4O2. The Hall–Kier alpha value is -1.82. The summed E-state index contributed by atoms with van der Waals surface area (Å²) in [7, 11) is 3.42. The van der Waals surface area contributed by atoms with Crippen LogP contribution in [0.2, 0.25) is 0 Å². The summed E-state index contributed by atoms with van der Waals surface area (Å²) in [5.41, 5.74) is 7.33. The normalized spacial score (nSPS) is 10.8. The van der Waals surface area contributed by atoms with Crippen molar-refractivity contribution in [1.29, 1.82) is 0 Å². The Balaban J connectivity index is 2.54. The maximum atomic E-state index is 5.52. The quantitative estimate of drug-likeness (QED) is 0.832. The lowest BCUT2D eigenvalue weighted by atomic mass is 10.2. The van der Waals surface area contributed by atoms with Crippen LogP contribution in [0.1, 0.15) is 11.6 Å². The van der Waals surface area contributed by atoms with Gasteiger partial charge in [-0.3, -0.25) is 4.68 Å². The second-order valence-electron chi connectivity index (χ2n) is 3.42. The molecule has 0 atom stereocenters. The molecule has 0 aliphatic carbocycles. The van der Waals surface area contributed by atoms with E-state index in [1.54, 1.807) is 18.0 Å². The highest BCUT2D eigenvalue weighted by molar-refractivity contribution is 5.64. The predicted molar refractivity (Wildman–Crippen MR) is 57.9 cm³/mol. The zero-order chi connectivity index (χ0) is 11.7. The van der Waals surface area contributed by atoms with Crippen LogP contribution in [0, 0.1) is 6.92 Å². The number of hydrogen-bond donors (Lipinski definition) is 1. The Morgan fingerprint density at radius 3 is 2.81 bits per heavy atom. The van der Waals surface area contributed by atoms with Gasteiger partial charge in [-0.05, 0) is 6.92 Å². The third-order valence-electron chi connectivity index (χ3n) is 2.49. The molecule has 2 heterocycles. The monoisotopic (exact) mass is 222 g/mol. The first-order valence-electron chi connectivity index (χ1n) is 4.90. The van der Waals surface area contributed by atoms with E-state index in [0.717, 1.165) is 11.3 Å². The molecule has 2 aromatic heterocycles. The second-order valence-corrected chi connectivity index (χ2v) is 3.42. The van der Waals surface area contributed by atoms with Crippen LogP contribution in [0.4, 0.5) is 0 Å². The first-order valence-corrected chi connectivity index (χ1v) is 4.90. The van der Waals surface area contributed by atoms with Crippen molar-refractivity contribution in [2.24, 2.45) is 12.8 Å². The number of aryl methyl sites for hydroxylation is 1. The molecule has 86 valence electrons. The van der Waals surface area contributed by atoms with Crippen molar-refractivity contribution in [3.8, 4) is 17.2 Å². The minimum absolute atomic E-state index is 0.246. The van der Waals surface area contributed by atoms with Gasteiger partial charge in [0, 0.05) is 12.7 Å². The molecule has 2 rings (SSSR count). The minimum atomic E-state index is 0.246. The van der Waals surface area contributed by atoms with Crippen molar-refractivity contribution < 1.29 is 9.15 Å². The Bertz CT molecular complexity index is 501. The van der Waals surface area contributed by atoms with Crippen molar-refractivity contribution in [1.82, 2.24) is 14.8 Å². The molecule has 0 aromatic carbocycles. The number of rotatable bonds is 3. The molecule has 0 bridgehead atoms. The van der Waals surface area contributed by atoms with Crippen LogP contribution < -0.4 is 10.5 Å². The predicted octanol–water partition coefficient (Wildman–Crippen LogP) is 0.851. The lowest BCUT2D eigenvalue weighted by Crippen LogP contribution is -1.95. The van der Waals surface area contributed by atoms with E-state index in [0.29, 0.717) is 17.5 Å². The molecule has 0 unspecified atom stereocenters. The van der Waals surface area contributed by atoms with E-state index < -0.39 is 0 Å². The summed E-state index contributed by atoms with van der Waals surface area (Å²) in [5.74, 6) is 1.47. The van der Waals surface area contributed by atoms with Crippen LogP contribution in [0.3, 0.4) is 0 Å². The highest BCUT2D eigenvalue weighted by Gasteiger charge is 2.18. The number of nitrogens with zero attached hydrogens (tertiary/aromatic N) is 3. The van der Waals surface area contributed by atoms with Crippen LogP contribution in [0.25, 0.3) is 11.3 Å². The van der Waals surface area contributed by atoms with Gasteiger partial charge in [0.25, 0.3) is 5.88 Å². The Labute approximate surface area is 93.0 Å². The van der Waals surface area contributed by atoms with E-state index in [9.17, 15) is 0 Å². The largest absolute Gasteiger partial charge is 0.478 e. The van der Waals surface area contributed by atoms with Gasteiger partial charge in [-0.2, -0.15) is 10.1 Å². The van der Waals surface area contributed by atoms with Gasteiger partial charge in [-0.1, -0.05) is 0 Å². The van der Waals surface area contributed by atoms with Gasteiger partial charge in [0.1, 0.15) is 0 Å². The fourth-order valence-electron chi connectivity index (χ4n) is 1.47. The highest BCUT2D eigenvalue weighted by atomic mass is 16.5. The Kier molecular flexibility index (Phi) is 2.66. The van der Waals surface area contributed by atoms with Crippen LogP contribution in [-0.4, -0.2) is 21.9 Å². The summed E-state index contributed by atoms with van der Waals surface area (Å²) in [6, 6.07) is 0. The number of oxazole rings is 1. The average molecular weight is 222 g/mol. The van der Waals surface area contributed by atoms with Crippen LogP contribution in [0.5, 0.6) is 5.88 Å². The third kappa shape index (κ3) is 1.57. The minimum Gasteiger partial charge on any atom is -0.478 e. The van der Waals surface area contributed by atoms with Crippen LogP contribution >= 0.6 is 0 Å². The molecule has 6 heteroatoms. The first-order chi connectivity index (χ1) is 7.67. The van der Waals surface area contributed by atoms with E-state index in [4.69, 9.17) is 14.9 Å². The van der Waals surface area contributed by atoms with E-state index in [2.05, 4.69) is 10.1 Å². The van der Waals surface area contributed by atoms with Gasteiger partial charge in [0.05, 0.1) is 25.4 Å². The average Bonchev–Trinajstić information content (AvgIpc) is 2.84. The first kappa shape index (κ1) is 10.7. The summed E-state index contributed by atoms with van der Waals surface area (Å²) in [4.78, 5) is 4.12. The van der Waals surface area contributed by atoms with Crippen molar-refractivity contribution in [2.75, 3.05) is 7.11 Å². The van der Waals surface area contributed by atoms with Gasteiger partial charge < -0.3 is 14.9 Å². The van der Waals surface area contributed by atoms with Crippen molar-refractivity contribution in [3.63, 3.8) is 0 Å². The third-order valence-corrected chi connectivity index (χ3v) is 2.49. The summed E-state index contributed by atoms with van der Waals surface area (Å²) < 4.78 is 12.4. The maximum absolute atomic E-state index is 5.52. The SMILES string of the molecule is COc1nc(CN)oc1-c1cnn(C)c1C. The summed E-state index contributed by atoms with van der Waals surface area (Å²) in [5, 5.41) is 4.15. The molecule has 0 amide bonds. The number of methoxy groups -OCH3 is 1. The van der Waals surface area contributed by atoms with Crippen molar-refractivity contribution in [2.45, 2.75) is 13.5 Å². The Morgan fingerprint density at radius 2 is 2.31 bits per heavy atom. The van der Waals surface area contributed by atoms with E-state index in [1.807, 2.05) is 14.0 Å². The van der Waals surface area contributed by atoms with Crippen LogP contribution in [0.15, 0.2) is 10.6 Å². The highest BCUT2D eigenvalue weighted by Crippen LogP contribution is 2.32.